The van der Waals surface area contributed by atoms with Crippen LogP contribution in [-0.4, -0.2) is 42.1 Å². The van der Waals surface area contributed by atoms with Crippen LogP contribution in [0.25, 0.3) is 0 Å². The van der Waals surface area contributed by atoms with Gasteiger partial charge in [-0.2, -0.15) is 0 Å². The fourth-order valence-corrected chi connectivity index (χ4v) is 3.57. The summed E-state index contributed by atoms with van der Waals surface area (Å²) < 4.78 is 5.14. The lowest BCUT2D eigenvalue weighted by Crippen LogP contribution is -2.40. The molecular formula is C16H18ClNO4. The van der Waals surface area contributed by atoms with Crippen molar-refractivity contribution in [2.24, 2.45) is 11.3 Å². The van der Waals surface area contributed by atoms with Crippen molar-refractivity contribution in [2.75, 3.05) is 20.2 Å². The van der Waals surface area contributed by atoms with Gasteiger partial charge in [0.05, 0.1) is 18.1 Å². The summed E-state index contributed by atoms with van der Waals surface area (Å²) in [4.78, 5) is 25.4. The second-order valence-electron chi connectivity index (χ2n) is 6.10. The zero-order chi connectivity index (χ0) is 15.9. The van der Waals surface area contributed by atoms with E-state index in [4.69, 9.17) is 21.4 Å². The van der Waals surface area contributed by atoms with Crippen LogP contribution < -0.4 is 4.74 Å². The zero-order valence-electron chi connectivity index (χ0n) is 12.3. The van der Waals surface area contributed by atoms with Gasteiger partial charge in [0.15, 0.2) is 0 Å². The minimum absolute atomic E-state index is 0.0580. The number of hydrogen-bond acceptors (Lipinski definition) is 3. The molecule has 0 aromatic heterocycles. The van der Waals surface area contributed by atoms with Crippen molar-refractivity contribution in [2.45, 2.75) is 19.3 Å². The van der Waals surface area contributed by atoms with E-state index >= 15 is 0 Å². The van der Waals surface area contributed by atoms with Gasteiger partial charge >= 0.3 is 5.97 Å². The number of carbonyl (C=O) groups is 2. The lowest BCUT2D eigenvalue weighted by atomic mass is 9.90. The predicted octanol–water partition coefficient (Wildman–Crippen LogP) is 2.68. The lowest BCUT2D eigenvalue weighted by Gasteiger charge is -2.32. The first-order chi connectivity index (χ1) is 10.5. The minimum atomic E-state index is -0.706. The monoisotopic (exact) mass is 323 g/mol. The van der Waals surface area contributed by atoms with Crippen molar-refractivity contribution in [3.05, 3.63) is 28.8 Å². The van der Waals surface area contributed by atoms with Gasteiger partial charge in [0.2, 0.25) is 0 Å². The number of aliphatic carboxylic acids is 1. The molecule has 1 N–H and O–H groups in total. The molecule has 1 saturated carbocycles. The lowest BCUT2D eigenvalue weighted by molar-refractivity contribution is -0.139. The number of carbonyl (C=O) groups excluding carboxylic acids is 1. The molecular weight excluding hydrogens is 306 g/mol. The first-order valence-corrected chi connectivity index (χ1v) is 7.70. The van der Waals surface area contributed by atoms with Gasteiger partial charge in [-0.25, -0.2) is 0 Å². The molecule has 1 unspecified atom stereocenters. The predicted molar refractivity (Wildman–Crippen MR) is 81.3 cm³/mol. The van der Waals surface area contributed by atoms with E-state index in [9.17, 15) is 9.59 Å². The van der Waals surface area contributed by atoms with E-state index in [0.717, 1.165) is 19.3 Å². The normalized spacial score (nSPS) is 22.5. The van der Waals surface area contributed by atoms with Crippen LogP contribution in [0.3, 0.4) is 0 Å². The molecule has 1 aromatic rings. The molecule has 5 nitrogen and oxygen atoms in total. The van der Waals surface area contributed by atoms with Crippen molar-refractivity contribution in [3.8, 4) is 5.75 Å². The van der Waals surface area contributed by atoms with Crippen molar-refractivity contribution in [3.63, 3.8) is 0 Å². The maximum atomic E-state index is 12.5. The molecule has 1 spiro atoms. The van der Waals surface area contributed by atoms with Crippen LogP contribution in [0.5, 0.6) is 5.75 Å². The van der Waals surface area contributed by atoms with Crippen LogP contribution in [0.15, 0.2) is 18.2 Å². The van der Waals surface area contributed by atoms with Crippen molar-refractivity contribution < 1.29 is 19.4 Å². The smallest absolute Gasteiger partial charge is 0.307 e. The molecule has 118 valence electrons. The first kappa shape index (κ1) is 15.2. The summed E-state index contributed by atoms with van der Waals surface area (Å²) in [6.07, 6.45) is 2.28. The van der Waals surface area contributed by atoms with E-state index in [2.05, 4.69) is 0 Å². The zero-order valence-corrected chi connectivity index (χ0v) is 13.1. The highest BCUT2D eigenvalue weighted by Crippen LogP contribution is 2.59. The van der Waals surface area contributed by atoms with Crippen molar-refractivity contribution in [1.82, 2.24) is 4.90 Å². The first-order valence-electron chi connectivity index (χ1n) is 7.32. The molecule has 1 aliphatic carbocycles. The molecule has 6 heteroatoms. The number of nitrogens with zero attached hydrogens (tertiary/aromatic N) is 1. The number of rotatable bonds is 3. The standard InChI is InChI=1S/C16H18ClNO4/c1-22-13-8-10(2-3-12(13)17)14(19)18-6-4-16(5-7-18)9-11(16)15(20)21/h2-3,8,11H,4-7,9H2,1H3,(H,20,21). The van der Waals surface area contributed by atoms with Gasteiger partial charge in [-0.3, -0.25) is 9.59 Å². The van der Waals surface area contributed by atoms with Crippen molar-refractivity contribution in [1.29, 1.82) is 0 Å². The summed E-state index contributed by atoms with van der Waals surface area (Å²) in [5.41, 5.74) is 0.475. The van der Waals surface area contributed by atoms with Crippen LogP contribution in [-0.2, 0) is 4.79 Å². The number of likely N-dealkylation sites (tertiary alicyclic amines) is 1. The summed E-state index contributed by atoms with van der Waals surface area (Å²) in [5, 5.41) is 9.57. The molecule has 1 amide bonds. The van der Waals surface area contributed by atoms with Crippen LogP contribution in [0.2, 0.25) is 5.02 Å². The molecule has 2 aliphatic rings. The molecule has 1 heterocycles. The summed E-state index contributed by atoms with van der Waals surface area (Å²) in [6, 6.07) is 4.99. The number of carboxylic acids is 1. The summed E-state index contributed by atoms with van der Waals surface area (Å²) >= 11 is 5.97. The third kappa shape index (κ3) is 2.54. The Balaban J connectivity index is 1.67. The van der Waals surface area contributed by atoms with E-state index < -0.39 is 5.97 Å². The van der Waals surface area contributed by atoms with Crippen LogP contribution in [0.4, 0.5) is 0 Å². The third-order valence-electron chi connectivity index (χ3n) is 4.93. The summed E-state index contributed by atoms with van der Waals surface area (Å²) in [6.45, 7) is 1.21. The quantitative estimate of drug-likeness (QED) is 0.928. The highest BCUT2D eigenvalue weighted by molar-refractivity contribution is 6.32. The second kappa shape index (κ2) is 5.47. The molecule has 1 aliphatic heterocycles. The Morgan fingerprint density at radius 3 is 2.59 bits per heavy atom. The van der Waals surface area contributed by atoms with Gasteiger partial charge in [-0.15, -0.1) is 0 Å². The van der Waals surface area contributed by atoms with E-state index in [1.165, 1.54) is 7.11 Å². The molecule has 3 rings (SSSR count). The molecule has 1 atom stereocenters. The maximum Gasteiger partial charge on any atom is 0.307 e. The van der Waals surface area contributed by atoms with Crippen LogP contribution >= 0.6 is 11.6 Å². The maximum absolute atomic E-state index is 12.5. The highest BCUT2D eigenvalue weighted by atomic mass is 35.5. The summed E-state index contributed by atoms with van der Waals surface area (Å²) in [5.74, 6) is -0.505. The largest absolute Gasteiger partial charge is 0.495 e. The number of methoxy groups -OCH3 is 1. The van der Waals surface area contributed by atoms with E-state index in [1.54, 1.807) is 23.1 Å². The van der Waals surface area contributed by atoms with Crippen LogP contribution in [0.1, 0.15) is 29.6 Å². The van der Waals surface area contributed by atoms with E-state index in [-0.39, 0.29) is 17.2 Å². The number of benzene rings is 1. The number of piperidine rings is 1. The fourth-order valence-electron chi connectivity index (χ4n) is 3.38. The Hall–Kier alpha value is -1.75. The van der Waals surface area contributed by atoms with E-state index in [1.807, 2.05) is 0 Å². The Bertz CT molecular complexity index is 623. The SMILES string of the molecule is COc1cc(C(=O)N2CCC3(CC2)CC3C(=O)O)ccc1Cl. The number of ether oxygens (including phenoxy) is 1. The molecule has 2 fully saturated rings. The Labute approximate surface area is 133 Å². The number of carboxylic acid groups (broad SMARTS) is 1. The number of halogens is 1. The van der Waals surface area contributed by atoms with Gasteiger partial charge in [-0.05, 0) is 42.9 Å². The van der Waals surface area contributed by atoms with Gasteiger partial charge < -0.3 is 14.7 Å². The molecule has 1 aromatic carbocycles. The number of amides is 1. The summed E-state index contributed by atoms with van der Waals surface area (Å²) in [7, 11) is 1.51. The molecule has 22 heavy (non-hydrogen) atoms. The van der Waals surface area contributed by atoms with Gasteiger partial charge in [0.1, 0.15) is 5.75 Å². The van der Waals surface area contributed by atoms with Gasteiger partial charge in [0.25, 0.3) is 5.91 Å². The minimum Gasteiger partial charge on any atom is -0.495 e. The van der Waals surface area contributed by atoms with Gasteiger partial charge in [-0.1, -0.05) is 11.6 Å². The Morgan fingerprint density at radius 1 is 1.36 bits per heavy atom. The Morgan fingerprint density at radius 2 is 2.05 bits per heavy atom. The Kier molecular flexibility index (Phi) is 3.77. The fraction of sp³-hybridized carbons (Fsp3) is 0.500. The van der Waals surface area contributed by atoms with E-state index in [0.29, 0.717) is 29.4 Å². The van der Waals surface area contributed by atoms with Gasteiger partial charge in [0, 0.05) is 18.7 Å². The highest BCUT2D eigenvalue weighted by Gasteiger charge is 2.59. The molecule has 0 bridgehead atoms. The van der Waals surface area contributed by atoms with Crippen LogP contribution in [0, 0.1) is 11.3 Å². The molecule has 0 radical (unpaired) electrons. The second-order valence-corrected chi connectivity index (χ2v) is 6.51. The average Bonchev–Trinajstić information content (AvgIpc) is 3.22. The third-order valence-corrected chi connectivity index (χ3v) is 5.24. The van der Waals surface area contributed by atoms with Crippen molar-refractivity contribution >= 4 is 23.5 Å². The number of hydrogen-bond donors (Lipinski definition) is 1. The average molecular weight is 324 g/mol. The molecule has 1 saturated heterocycles. The topological polar surface area (TPSA) is 66.8 Å².